The Kier molecular flexibility index (Phi) is 3.97. The highest BCUT2D eigenvalue weighted by molar-refractivity contribution is 5.69. The van der Waals surface area contributed by atoms with Crippen molar-refractivity contribution in [2.45, 2.75) is 26.3 Å². The van der Waals surface area contributed by atoms with Crippen molar-refractivity contribution in [3.05, 3.63) is 12.4 Å². The average molecular weight is 198 g/mol. The van der Waals surface area contributed by atoms with Gasteiger partial charge in [-0.2, -0.15) is 5.10 Å². The third kappa shape index (κ3) is 3.47. The fraction of sp³-hybridized carbons (Fsp3) is 0.556. The van der Waals surface area contributed by atoms with E-state index < -0.39 is 0 Å². The molecule has 0 aliphatic rings. The SMILES string of the molecule is CCOC(=O)CCCn1cc(O)cn1. The molecule has 0 bridgehead atoms. The van der Waals surface area contributed by atoms with Crippen molar-refractivity contribution in [3.8, 4) is 5.75 Å². The first-order valence-corrected chi connectivity index (χ1v) is 4.59. The van der Waals surface area contributed by atoms with Crippen LogP contribution in [0, 0.1) is 0 Å². The van der Waals surface area contributed by atoms with E-state index >= 15 is 0 Å². The van der Waals surface area contributed by atoms with Gasteiger partial charge in [-0.05, 0) is 13.3 Å². The maximum absolute atomic E-state index is 10.9. The molecule has 0 saturated heterocycles. The smallest absolute Gasteiger partial charge is 0.305 e. The largest absolute Gasteiger partial charge is 0.505 e. The van der Waals surface area contributed by atoms with Crippen LogP contribution in [0.2, 0.25) is 0 Å². The third-order valence-corrected chi connectivity index (χ3v) is 1.69. The van der Waals surface area contributed by atoms with Crippen molar-refractivity contribution >= 4 is 5.97 Å². The number of aryl methyl sites for hydroxylation is 1. The van der Waals surface area contributed by atoms with E-state index in [1.807, 2.05) is 0 Å². The Bertz CT molecular complexity index is 296. The molecule has 0 amide bonds. The summed E-state index contributed by atoms with van der Waals surface area (Å²) in [4.78, 5) is 10.9. The Balaban J connectivity index is 2.18. The predicted octanol–water partition coefficient (Wildman–Crippen LogP) is 0.932. The van der Waals surface area contributed by atoms with E-state index in [0.717, 1.165) is 0 Å². The molecule has 0 aromatic carbocycles. The lowest BCUT2D eigenvalue weighted by Crippen LogP contribution is -2.06. The number of hydrogen-bond donors (Lipinski definition) is 1. The number of carbonyl (C=O) groups is 1. The van der Waals surface area contributed by atoms with Gasteiger partial charge in [0.05, 0.1) is 19.0 Å². The first-order chi connectivity index (χ1) is 6.72. The minimum atomic E-state index is -0.191. The Morgan fingerprint density at radius 2 is 2.50 bits per heavy atom. The van der Waals surface area contributed by atoms with Crippen molar-refractivity contribution < 1.29 is 14.6 Å². The van der Waals surface area contributed by atoms with Crippen LogP contribution in [0.25, 0.3) is 0 Å². The van der Waals surface area contributed by atoms with E-state index in [9.17, 15) is 4.79 Å². The zero-order chi connectivity index (χ0) is 10.4. The van der Waals surface area contributed by atoms with Crippen molar-refractivity contribution in [3.63, 3.8) is 0 Å². The Morgan fingerprint density at radius 3 is 3.07 bits per heavy atom. The van der Waals surface area contributed by atoms with Gasteiger partial charge in [-0.15, -0.1) is 0 Å². The lowest BCUT2D eigenvalue weighted by atomic mass is 10.3. The van der Waals surface area contributed by atoms with E-state index in [2.05, 4.69) is 5.10 Å². The lowest BCUT2D eigenvalue weighted by molar-refractivity contribution is -0.143. The molecule has 1 aromatic rings. The summed E-state index contributed by atoms with van der Waals surface area (Å²) >= 11 is 0. The van der Waals surface area contributed by atoms with E-state index in [0.29, 0.717) is 26.0 Å². The van der Waals surface area contributed by atoms with Crippen LogP contribution in [0.15, 0.2) is 12.4 Å². The first kappa shape index (κ1) is 10.6. The van der Waals surface area contributed by atoms with Gasteiger partial charge in [-0.3, -0.25) is 9.48 Å². The number of hydrogen-bond acceptors (Lipinski definition) is 4. The van der Waals surface area contributed by atoms with Gasteiger partial charge in [0.25, 0.3) is 0 Å². The molecule has 0 saturated carbocycles. The quantitative estimate of drug-likeness (QED) is 0.715. The Morgan fingerprint density at radius 1 is 1.71 bits per heavy atom. The second-order valence-electron chi connectivity index (χ2n) is 2.87. The van der Waals surface area contributed by atoms with Crippen molar-refractivity contribution in [1.29, 1.82) is 0 Å². The second kappa shape index (κ2) is 5.26. The summed E-state index contributed by atoms with van der Waals surface area (Å²) in [5.41, 5.74) is 0. The zero-order valence-corrected chi connectivity index (χ0v) is 8.14. The van der Waals surface area contributed by atoms with Gasteiger partial charge in [0.15, 0.2) is 5.75 Å². The number of aromatic nitrogens is 2. The summed E-state index contributed by atoms with van der Waals surface area (Å²) in [6, 6.07) is 0. The van der Waals surface area contributed by atoms with E-state index in [4.69, 9.17) is 9.84 Å². The zero-order valence-electron chi connectivity index (χ0n) is 8.14. The molecule has 5 nitrogen and oxygen atoms in total. The van der Waals surface area contributed by atoms with Crippen molar-refractivity contribution in [1.82, 2.24) is 9.78 Å². The monoisotopic (exact) mass is 198 g/mol. The molecule has 0 unspecified atom stereocenters. The Hall–Kier alpha value is -1.52. The summed E-state index contributed by atoms with van der Waals surface area (Å²) in [5, 5.41) is 12.8. The molecule has 0 atom stereocenters. The van der Waals surface area contributed by atoms with Gasteiger partial charge in [0.1, 0.15) is 0 Å². The highest BCUT2D eigenvalue weighted by Gasteiger charge is 2.01. The topological polar surface area (TPSA) is 64.3 Å². The van der Waals surface area contributed by atoms with Crippen LogP contribution < -0.4 is 0 Å². The Labute approximate surface area is 82.3 Å². The summed E-state index contributed by atoms with van der Waals surface area (Å²) < 4.78 is 6.36. The number of rotatable bonds is 5. The molecule has 78 valence electrons. The summed E-state index contributed by atoms with van der Waals surface area (Å²) in [7, 11) is 0. The summed E-state index contributed by atoms with van der Waals surface area (Å²) in [6.45, 7) is 2.81. The minimum Gasteiger partial charge on any atom is -0.505 e. The molecule has 0 spiro atoms. The fourth-order valence-corrected chi connectivity index (χ4v) is 1.09. The maximum Gasteiger partial charge on any atom is 0.305 e. The number of nitrogens with zero attached hydrogens (tertiary/aromatic N) is 2. The molecular formula is C9H14N2O3. The second-order valence-corrected chi connectivity index (χ2v) is 2.87. The minimum absolute atomic E-state index is 0.140. The van der Waals surface area contributed by atoms with Crippen LogP contribution in [0.5, 0.6) is 5.75 Å². The average Bonchev–Trinajstić information content (AvgIpc) is 2.52. The number of carbonyl (C=O) groups excluding carboxylic acids is 1. The lowest BCUT2D eigenvalue weighted by Gasteiger charge is -2.01. The highest BCUT2D eigenvalue weighted by atomic mass is 16.5. The molecule has 0 aliphatic heterocycles. The summed E-state index contributed by atoms with van der Waals surface area (Å²) in [6.07, 6.45) is 3.93. The molecule has 14 heavy (non-hydrogen) atoms. The maximum atomic E-state index is 10.9. The van der Waals surface area contributed by atoms with Gasteiger partial charge in [-0.1, -0.05) is 0 Å². The standard InChI is InChI=1S/C9H14N2O3/c1-2-14-9(13)4-3-5-11-7-8(12)6-10-11/h6-7,12H,2-5H2,1H3. The highest BCUT2D eigenvalue weighted by Crippen LogP contribution is 2.05. The van der Waals surface area contributed by atoms with Gasteiger partial charge < -0.3 is 9.84 Å². The molecule has 0 radical (unpaired) electrons. The van der Waals surface area contributed by atoms with Gasteiger partial charge in [-0.25, -0.2) is 0 Å². The number of ether oxygens (including phenoxy) is 1. The number of esters is 1. The van der Waals surface area contributed by atoms with Crippen molar-refractivity contribution in [2.24, 2.45) is 0 Å². The molecule has 1 aromatic heterocycles. The number of aromatic hydroxyl groups is 1. The first-order valence-electron chi connectivity index (χ1n) is 4.59. The van der Waals surface area contributed by atoms with Gasteiger partial charge in [0, 0.05) is 13.0 Å². The van der Waals surface area contributed by atoms with Crippen LogP contribution in [-0.2, 0) is 16.1 Å². The van der Waals surface area contributed by atoms with Crippen LogP contribution in [-0.4, -0.2) is 27.5 Å². The molecule has 1 N–H and O–H groups in total. The van der Waals surface area contributed by atoms with Crippen LogP contribution in [0.1, 0.15) is 19.8 Å². The van der Waals surface area contributed by atoms with E-state index in [-0.39, 0.29) is 11.7 Å². The van der Waals surface area contributed by atoms with Crippen LogP contribution in [0.3, 0.4) is 0 Å². The molecule has 1 rings (SSSR count). The third-order valence-electron chi connectivity index (χ3n) is 1.69. The normalized spacial score (nSPS) is 10.1. The van der Waals surface area contributed by atoms with Crippen molar-refractivity contribution in [2.75, 3.05) is 6.61 Å². The fourth-order valence-electron chi connectivity index (χ4n) is 1.09. The molecule has 5 heteroatoms. The van der Waals surface area contributed by atoms with E-state index in [1.54, 1.807) is 11.6 Å². The molecular weight excluding hydrogens is 184 g/mol. The molecule has 0 fully saturated rings. The predicted molar refractivity (Wildman–Crippen MR) is 49.8 cm³/mol. The summed E-state index contributed by atoms with van der Waals surface area (Å²) in [5.74, 6) is -0.0509. The van der Waals surface area contributed by atoms with Crippen LogP contribution in [0.4, 0.5) is 0 Å². The molecule has 0 aliphatic carbocycles. The van der Waals surface area contributed by atoms with Gasteiger partial charge >= 0.3 is 5.97 Å². The van der Waals surface area contributed by atoms with E-state index in [1.165, 1.54) is 12.4 Å². The van der Waals surface area contributed by atoms with Crippen LogP contribution >= 0.6 is 0 Å². The molecule has 1 heterocycles. The van der Waals surface area contributed by atoms with Gasteiger partial charge in [0.2, 0.25) is 0 Å².